The highest BCUT2D eigenvalue weighted by molar-refractivity contribution is 7.80. The van der Waals surface area contributed by atoms with Gasteiger partial charge in [-0.2, -0.15) is 0 Å². The largest absolute Gasteiger partial charge is 0.462 e. The lowest BCUT2D eigenvalue weighted by atomic mass is 10.0. The maximum atomic E-state index is 12.0. The quantitative estimate of drug-likeness (QED) is 0.585. The van der Waals surface area contributed by atoms with E-state index in [4.69, 9.17) is 17.0 Å². The Bertz CT molecular complexity index is 732. The average molecular weight is 356 g/mol. The molecule has 5 heteroatoms. The Morgan fingerprint density at radius 1 is 1.12 bits per heavy atom. The van der Waals surface area contributed by atoms with E-state index in [2.05, 4.69) is 29.7 Å². The number of carbonyl (C=O) groups is 1. The molecule has 0 spiro atoms. The standard InChI is InChI=1S/C20H24N2O2S/c1-4-17(15-10-7-6-8-11-15)21-20(25)22-18-13-9-12-16(14(18)3)19(23)24-5-2/h6-13,17H,4-5H2,1-3H3,(H2,21,22,25). The molecule has 0 aliphatic heterocycles. The predicted octanol–water partition coefficient (Wildman–Crippen LogP) is 4.61. The second-order valence-corrected chi connectivity index (χ2v) is 6.08. The van der Waals surface area contributed by atoms with Crippen LogP contribution in [-0.2, 0) is 4.74 Å². The van der Waals surface area contributed by atoms with Crippen molar-refractivity contribution < 1.29 is 9.53 Å². The van der Waals surface area contributed by atoms with E-state index < -0.39 is 0 Å². The summed E-state index contributed by atoms with van der Waals surface area (Å²) in [4.78, 5) is 12.0. The normalized spacial score (nSPS) is 11.5. The van der Waals surface area contributed by atoms with Crippen LogP contribution >= 0.6 is 12.2 Å². The number of thiocarbonyl (C=S) groups is 1. The van der Waals surface area contributed by atoms with Crippen molar-refractivity contribution >= 4 is 29.0 Å². The Labute approximate surface area is 154 Å². The summed E-state index contributed by atoms with van der Waals surface area (Å²) in [5, 5.41) is 7.06. The smallest absolute Gasteiger partial charge is 0.338 e. The van der Waals surface area contributed by atoms with Crippen LogP contribution in [0.3, 0.4) is 0 Å². The summed E-state index contributed by atoms with van der Waals surface area (Å²) in [6.07, 6.45) is 0.910. The topological polar surface area (TPSA) is 50.4 Å². The van der Waals surface area contributed by atoms with Crippen LogP contribution in [0.4, 0.5) is 5.69 Å². The monoisotopic (exact) mass is 356 g/mol. The zero-order valence-corrected chi connectivity index (χ0v) is 15.7. The van der Waals surface area contributed by atoms with Crippen LogP contribution in [0, 0.1) is 6.92 Å². The zero-order chi connectivity index (χ0) is 18.2. The highest BCUT2D eigenvalue weighted by atomic mass is 32.1. The molecule has 2 rings (SSSR count). The molecule has 2 aromatic rings. The fraction of sp³-hybridized carbons (Fsp3) is 0.300. The molecule has 1 unspecified atom stereocenters. The van der Waals surface area contributed by atoms with Gasteiger partial charge in [0, 0.05) is 5.69 Å². The number of anilines is 1. The minimum absolute atomic E-state index is 0.134. The van der Waals surface area contributed by atoms with Crippen LogP contribution in [0.15, 0.2) is 48.5 Å². The van der Waals surface area contributed by atoms with Gasteiger partial charge in [0.15, 0.2) is 5.11 Å². The molecule has 0 aromatic heterocycles. The SMILES string of the molecule is CCOC(=O)c1cccc(NC(=S)NC(CC)c2ccccc2)c1C. The lowest BCUT2D eigenvalue weighted by molar-refractivity contribution is 0.0525. The van der Waals surface area contributed by atoms with Crippen molar-refractivity contribution in [2.24, 2.45) is 0 Å². The number of esters is 1. The number of hydrogen-bond acceptors (Lipinski definition) is 3. The van der Waals surface area contributed by atoms with Crippen LogP contribution in [0.25, 0.3) is 0 Å². The minimum atomic E-state index is -0.321. The summed E-state index contributed by atoms with van der Waals surface area (Å²) in [7, 11) is 0. The van der Waals surface area contributed by atoms with Crippen molar-refractivity contribution in [3.8, 4) is 0 Å². The Hall–Kier alpha value is -2.40. The minimum Gasteiger partial charge on any atom is -0.462 e. The van der Waals surface area contributed by atoms with Crippen LogP contribution in [0.1, 0.15) is 47.8 Å². The summed E-state index contributed by atoms with van der Waals surface area (Å²) in [6, 6.07) is 15.8. The van der Waals surface area contributed by atoms with Gasteiger partial charge in [0.1, 0.15) is 0 Å². The molecule has 0 saturated heterocycles. The van der Waals surface area contributed by atoms with Gasteiger partial charge < -0.3 is 15.4 Å². The maximum absolute atomic E-state index is 12.0. The molecule has 132 valence electrons. The molecule has 0 fully saturated rings. The Morgan fingerprint density at radius 2 is 1.84 bits per heavy atom. The summed E-state index contributed by atoms with van der Waals surface area (Å²) in [5.74, 6) is -0.321. The number of rotatable bonds is 6. The molecule has 0 aliphatic rings. The van der Waals surface area contributed by atoms with Crippen LogP contribution in [0.2, 0.25) is 0 Å². The first kappa shape index (κ1) is 18.9. The van der Waals surface area contributed by atoms with Gasteiger partial charge in [0.2, 0.25) is 0 Å². The third-order valence-electron chi connectivity index (χ3n) is 3.99. The second kappa shape index (κ2) is 9.18. The van der Waals surface area contributed by atoms with Crippen LogP contribution < -0.4 is 10.6 Å². The van der Waals surface area contributed by atoms with E-state index in [1.54, 1.807) is 13.0 Å². The van der Waals surface area contributed by atoms with Crippen molar-refractivity contribution in [3.05, 3.63) is 65.2 Å². The molecule has 4 nitrogen and oxygen atoms in total. The molecule has 1 atom stereocenters. The number of nitrogens with one attached hydrogen (secondary N) is 2. The molecule has 0 saturated carbocycles. The van der Waals surface area contributed by atoms with E-state index >= 15 is 0 Å². The predicted molar refractivity (Wildman–Crippen MR) is 106 cm³/mol. The van der Waals surface area contributed by atoms with Crippen molar-refractivity contribution in [3.63, 3.8) is 0 Å². The van der Waals surface area contributed by atoms with E-state index in [1.807, 2.05) is 37.3 Å². The Balaban J connectivity index is 2.10. The fourth-order valence-electron chi connectivity index (χ4n) is 2.62. The lowest BCUT2D eigenvalue weighted by Crippen LogP contribution is -2.32. The maximum Gasteiger partial charge on any atom is 0.338 e. The molecular weight excluding hydrogens is 332 g/mol. The van der Waals surface area contributed by atoms with Crippen molar-refractivity contribution in [1.29, 1.82) is 0 Å². The van der Waals surface area contributed by atoms with E-state index in [0.29, 0.717) is 17.3 Å². The number of carbonyl (C=O) groups excluding carboxylic acids is 1. The van der Waals surface area contributed by atoms with Crippen molar-refractivity contribution in [2.45, 2.75) is 33.2 Å². The van der Waals surface area contributed by atoms with Gasteiger partial charge in [-0.25, -0.2) is 4.79 Å². The van der Waals surface area contributed by atoms with E-state index in [0.717, 1.165) is 17.7 Å². The summed E-state index contributed by atoms with van der Waals surface area (Å²) in [6.45, 7) is 6.14. The van der Waals surface area contributed by atoms with Gasteiger partial charge >= 0.3 is 5.97 Å². The van der Waals surface area contributed by atoms with E-state index in [9.17, 15) is 4.79 Å². The third-order valence-corrected chi connectivity index (χ3v) is 4.21. The van der Waals surface area contributed by atoms with Gasteiger partial charge in [-0.15, -0.1) is 0 Å². The lowest BCUT2D eigenvalue weighted by Gasteiger charge is -2.21. The second-order valence-electron chi connectivity index (χ2n) is 5.67. The highest BCUT2D eigenvalue weighted by Crippen LogP contribution is 2.21. The summed E-state index contributed by atoms with van der Waals surface area (Å²) < 4.78 is 5.09. The van der Waals surface area contributed by atoms with E-state index in [-0.39, 0.29) is 12.0 Å². The molecule has 25 heavy (non-hydrogen) atoms. The van der Waals surface area contributed by atoms with Gasteiger partial charge in [0.05, 0.1) is 18.2 Å². The Kier molecular flexibility index (Phi) is 6.95. The third kappa shape index (κ3) is 5.03. The van der Waals surface area contributed by atoms with Crippen molar-refractivity contribution in [1.82, 2.24) is 5.32 Å². The molecule has 0 amide bonds. The van der Waals surface area contributed by atoms with Gasteiger partial charge in [-0.1, -0.05) is 43.3 Å². The van der Waals surface area contributed by atoms with Crippen molar-refractivity contribution in [2.75, 3.05) is 11.9 Å². The molecular formula is C20H24N2O2S. The van der Waals surface area contributed by atoms with Crippen LogP contribution in [-0.4, -0.2) is 17.7 Å². The number of hydrogen-bond donors (Lipinski definition) is 2. The van der Waals surface area contributed by atoms with Crippen LogP contribution in [0.5, 0.6) is 0 Å². The van der Waals surface area contributed by atoms with Gasteiger partial charge in [-0.3, -0.25) is 0 Å². The molecule has 2 aromatic carbocycles. The summed E-state index contributed by atoms with van der Waals surface area (Å²) in [5.41, 5.74) is 3.35. The number of ether oxygens (including phenoxy) is 1. The highest BCUT2D eigenvalue weighted by Gasteiger charge is 2.14. The zero-order valence-electron chi connectivity index (χ0n) is 14.8. The van der Waals surface area contributed by atoms with Gasteiger partial charge in [-0.05, 0) is 55.7 Å². The fourth-order valence-corrected chi connectivity index (χ4v) is 2.88. The first-order valence-electron chi connectivity index (χ1n) is 8.46. The molecule has 0 radical (unpaired) electrons. The average Bonchev–Trinajstić information content (AvgIpc) is 2.62. The molecule has 0 bridgehead atoms. The first-order chi connectivity index (χ1) is 12.1. The van der Waals surface area contributed by atoms with E-state index in [1.165, 1.54) is 5.56 Å². The van der Waals surface area contributed by atoms with Gasteiger partial charge in [0.25, 0.3) is 0 Å². The molecule has 0 aliphatic carbocycles. The number of benzene rings is 2. The molecule has 2 N–H and O–H groups in total. The molecule has 0 heterocycles. The first-order valence-corrected chi connectivity index (χ1v) is 8.86. The Morgan fingerprint density at radius 3 is 2.48 bits per heavy atom. The summed E-state index contributed by atoms with van der Waals surface area (Å²) >= 11 is 5.46.